The number of hydrogen-bond donors (Lipinski definition) is 1. The number of hydrogen-bond acceptors (Lipinski definition) is 5. The average molecular weight is 683 g/mol. The maximum Gasteiger partial charge on any atom is 0.264 e. The summed E-state index contributed by atoms with van der Waals surface area (Å²) in [7, 11) is -2.77. The molecule has 11 heteroatoms. The van der Waals surface area contributed by atoms with Crippen molar-refractivity contribution in [3.63, 3.8) is 0 Å². The zero-order chi connectivity index (χ0) is 33.3. The number of nitrogens with one attached hydrogen (secondary N) is 1. The molecule has 242 valence electrons. The first-order valence-corrected chi connectivity index (χ1v) is 17.0. The number of sulfonamides is 1. The van der Waals surface area contributed by atoms with Gasteiger partial charge in [0.15, 0.2) is 0 Å². The third-order valence-electron chi connectivity index (χ3n) is 7.30. The van der Waals surface area contributed by atoms with Crippen LogP contribution in [0.1, 0.15) is 25.0 Å². The minimum absolute atomic E-state index is 0.00169. The lowest BCUT2D eigenvalue weighted by atomic mass is 10.0. The predicted molar refractivity (Wildman–Crippen MR) is 183 cm³/mol. The first-order valence-electron chi connectivity index (χ1n) is 14.8. The number of halogens is 2. The molecule has 0 aromatic heterocycles. The normalized spacial score (nSPS) is 12.0. The van der Waals surface area contributed by atoms with Crippen molar-refractivity contribution in [2.24, 2.45) is 5.92 Å². The van der Waals surface area contributed by atoms with Gasteiger partial charge < -0.3 is 15.0 Å². The first kappa shape index (κ1) is 34.8. The SMILES string of the molecule is COc1cccc(N(CC(=O)N(Cc2c(Cl)cccc2Cl)[C@@H](Cc2ccccc2)C(=O)NCC(C)C)S(=O)(=O)c2ccccc2)c1. The highest BCUT2D eigenvalue weighted by molar-refractivity contribution is 7.92. The molecule has 4 aromatic carbocycles. The summed E-state index contributed by atoms with van der Waals surface area (Å²) in [6.45, 7) is 3.58. The predicted octanol–water partition coefficient (Wildman–Crippen LogP) is 6.61. The van der Waals surface area contributed by atoms with Crippen molar-refractivity contribution in [3.8, 4) is 5.75 Å². The van der Waals surface area contributed by atoms with E-state index in [9.17, 15) is 18.0 Å². The maximum atomic E-state index is 14.6. The highest BCUT2D eigenvalue weighted by Gasteiger charge is 2.35. The summed E-state index contributed by atoms with van der Waals surface area (Å²) < 4.78 is 34.6. The van der Waals surface area contributed by atoms with Gasteiger partial charge in [-0.15, -0.1) is 0 Å². The molecule has 0 bridgehead atoms. The molecule has 0 spiro atoms. The average Bonchev–Trinajstić information content (AvgIpc) is 3.06. The fraction of sp³-hybridized carbons (Fsp3) is 0.257. The smallest absolute Gasteiger partial charge is 0.264 e. The van der Waals surface area contributed by atoms with Crippen LogP contribution in [0.2, 0.25) is 10.0 Å². The molecule has 0 saturated heterocycles. The van der Waals surface area contributed by atoms with Gasteiger partial charge >= 0.3 is 0 Å². The number of carbonyl (C=O) groups excluding carboxylic acids is 2. The van der Waals surface area contributed by atoms with Gasteiger partial charge in [-0.2, -0.15) is 0 Å². The van der Waals surface area contributed by atoms with Crippen LogP contribution in [0.3, 0.4) is 0 Å². The molecule has 8 nitrogen and oxygen atoms in total. The number of methoxy groups -OCH3 is 1. The molecule has 2 amide bonds. The Morgan fingerprint density at radius 2 is 1.46 bits per heavy atom. The third-order valence-corrected chi connectivity index (χ3v) is 9.79. The molecule has 46 heavy (non-hydrogen) atoms. The van der Waals surface area contributed by atoms with Crippen LogP contribution in [0.25, 0.3) is 0 Å². The van der Waals surface area contributed by atoms with Gasteiger partial charge in [0.1, 0.15) is 18.3 Å². The zero-order valence-electron chi connectivity index (χ0n) is 25.9. The molecular formula is C35H37Cl2N3O5S. The van der Waals surface area contributed by atoms with E-state index in [1.54, 1.807) is 60.7 Å². The molecule has 0 heterocycles. The van der Waals surface area contributed by atoms with Gasteiger partial charge in [-0.1, -0.05) is 97.7 Å². The molecule has 0 unspecified atom stereocenters. The van der Waals surface area contributed by atoms with E-state index in [4.69, 9.17) is 27.9 Å². The molecule has 0 radical (unpaired) electrons. The highest BCUT2D eigenvalue weighted by atomic mass is 35.5. The molecule has 0 aliphatic heterocycles. The Morgan fingerprint density at radius 1 is 0.848 bits per heavy atom. The largest absolute Gasteiger partial charge is 0.497 e. The number of anilines is 1. The van der Waals surface area contributed by atoms with Gasteiger partial charge in [-0.3, -0.25) is 13.9 Å². The fourth-order valence-corrected chi connectivity index (χ4v) is 6.79. The lowest BCUT2D eigenvalue weighted by Gasteiger charge is -2.34. The van der Waals surface area contributed by atoms with Gasteiger partial charge in [0, 0.05) is 41.2 Å². The quantitative estimate of drug-likeness (QED) is 0.162. The van der Waals surface area contributed by atoms with E-state index >= 15 is 0 Å². The van der Waals surface area contributed by atoms with E-state index < -0.39 is 28.5 Å². The van der Waals surface area contributed by atoms with Crippen LogP contribution in [-0.2, 0) is 32.6 Å². The summed E-state index contributed by atoms with van der Waals surface area (Å²) in [5.74, 6) is -0.442. The van der Waals surface area contributed by atoms with Crippen LogP contribution in [0, 0.1) is 5.92 Å². The van der Waals surface area contributed by atoms with Crippen LogP contribution in [0.15, 0.2) is 108 Å². The minimum atomic E-state index is -4.25. The molecule has 0 fully saturated rings. The lowest BCUT2D eigenvalue weighted by molar-refractivity contribution is -0.140. The van der Waals surface area contributed by atoms with Crippen LogP contribution in [0.5, 0.6) is 5.75 Å². The second kappa shape index (κ2) is 16.0. The van der Waals surface area contributed by atoms with Crippen molar-refractivity contribution in [1.29, 1.82) is 0 Å². The summed E-state index contributed by atoms with van der Waals surface area (Å²) in [5.41, 5.74) is 1.47. The van der Waals surface area contributed by atoms with E-state index in [1.807, 2.05) is 44.2 Å². The van der Waals surface area contributed by atoms with Crippen molar-refractivity contribution in [2.45, 2.75) is 37.8 Å². The van der Waals surface area contributed by atoms with Gasteiger partial charge in [-0.25, -0.2) is 8.42 Å². The number of benzene rings is 4. The molecule has 4 rings (SSSR count). The number of amides is 2. The third kappa shape index (κ3) is 8.81. The summed E-state index contributed by atoms with van der Waals surface area (Å²) >= 11 is 13.1. The summed E-state index contributed by atoms with van der Waals surface area (Å²) in [6.07, 6.45) is 0.170. The Kier molecular flexibility index (Phi) is 12.1. The Balaban J connectivity index is 1.84. The monoisotopic (exact) mass is 681 g/mol. The molecule has 1 atom stereocenters. The molecule has 0 aliphatic carbocycles. The number of nitrogens with zero attached hydrogens (tertiary/aromatic N) is 2. The summed E-state index contributed by atoms with van der Waals surface area (Å²) in [5, 5.41) is 3.59. The van der Waals surface area contributed by atoms with E-state index in [2.05, 4.69) is 5.32 Å². The number of ether oxygens (including phenoxy) is 1. The van der Waals surface area contributed by atoms with Gasteiger partial charge in [-0.05, 0) is 47.9 Å². The Hall–Kier alpha value is -4.05. The molecule has 1 N–H and O–H groups in total. The Labute approximate surface area is 280 Å². The van der Waals surface area contributed by atoms with Gasteiger partial charge in [0.2, 0.25) is 11.8 Å². The lowest BCUT2D eigenvalue weighted by Crippen LogP contribution is -2.53. The van der Waals surface area contributed by atoms with E-state index in [1.165, 1.54) is 24.1 Å². The topological polar surface area (TPSA) is 96.0 Å². The second-order valence-corrected chi connectivity index (χ2v) is 13.8. The van der Waals surface area contributed by atoms with Crippen LogP contribution in [0.4, 0.5) is 5.69 Å². The van der Waals surface area contributed by atoms with Crippen molar-refractivity contribution in [2.75, 3.05) is 24.5 Å². The van der Waals surface area contributed by atoms with E-state index in [0.29, 0.717) is 27.9 Å². The standard InChI is InChI=1S/C35H37Cl2N3O5S/c1-25(2)22-38-35(42)33(20-26-12-6-4-7-13-26)39(23-30-31(36)18-11-19-32(30)37)34(41)24-40(27-14-10-15-28(21-27)45-3)46(43,44)29-16-8-5-9-17-29/h4-19,21,25,33H,20,22-24H2,1-3H3,(H,38,42)/t33-/m0/s1. The van der Waals surface area contributed by atoms with Gasteiger partial charge in [0.25, 0.3) is 10.0 Å². The Morgan fingerprint density at radius 3 is 2.07 bits per heavy atom. The minimum Gasteiger partial charge on any atom is -0.497 e. The highest BCUT2D eigenvalue weighted by Crippen LogP contribution is 2.30. The van der Waals surface area contributed by atoms with Crippen molar-refractivity contribution >= 4 is 50.7 Å². The molecule has 4 aromatic rings. The van der Waals surface area contributed by atoms with Gasteiger partial charge in [0.05, 0.1) is 17.7 Å². The van der Waals surface area contributed by atoms with Crippen LogP contribution < -0.4 is 14.4 Å². The Bertz CT molecular complexity index is 1720. The summed E-state index contributed by atoms with van der Waals surface area (Å²) in [6, 6.07) is 27.6. The zero-order valence-corrected chi connectivity index (χ0v) is 28.2. The second-order valence-electron chi connectivity index (χ2n) is 11.1. The van der Waals surface area contributed by atoms with Crippen LogP contribution in [-0.4, -0.2) is 51.4 Å². The van der Waals surface area contributed by atoms with Crippen molar-refractivity contribution in [3.05, 3.63) is 124 Å². The van der Waals surface area contributed by atoms with E-state index in [0.717, 1.165) is 9.87 Å². The first-order chi connectivity index (χ1) is 22.0. The maximum absolute atomic E-state index is 14.6. The van der Waals surface area contributed by atoms with Crippen molar-refractivity contribution < 1.29 is 22.7 Å². The summed E-state index contributed by atoms with van der Waals surface area (Å²) in [4.78, 5) is 29.8. The van der Waals surface area contributed by atoms with Crippen LogP contribution >= 0.6 is 23.2 Å². The fourth-order valence-electron chi connectivity index (χ4n) is 4.84. The van der Waals surface area contributed by atoms with E-state index in [-0.39, 0.29) is 35.4 Å². The molecule has 0 aliphatic rings. The number of rotatable bonds is 14. The number of carbonyl (C=O) groups is 2. The van der Waals surface area contributed by atoms with Crippen molar-refractivity contribution in [1.82, 2.24) is 10.2 Å². The molecule has 0 saturated carbocycles. The molecular weight excluding hydrogens is 645 g/mol.